The Kier molecular flexibility index (Phi) is 5.36. The number of rotatable bonds is 2. The predicted octanol–water partition coefficient (Wildman–Crippen LogP) is 2.56. The lowest BCUT2D eigenvalue weighted by Gasteiger charge is -2.42. The smallest absolute Gasteiger partial charge is 0.407 e. The van der Waals surface area contributed by atoms with E-state index in [1.807, 2.05) is 26.8 Å². The number of piperidine rings is 1. The van der Waals surface area contributed by atoms with Gasteiger partial charge in [0.05, 0.1) is 6.61 Å². The molecule has 0 aromatic rings. The fraction of sp³-hybridized carbons (Fsp3) is 0.667. The van der Waals surface area contributed by atoms with Crippen LogP contribution in [0.4, 0.5) is 4.79 Å². The first kappa shape index (κ1) is 17.0. The molecule has 116 valence electrons. The second kappa shape index (κ2) is 6.61. The lowest BCUT2D eigenvalue weighted by atomic mass is 9.78. The lowest BCUT2D eigenvalue weighted by molar-refractivity contribution is -0.138. The maximum Gasteiger partial charge on any atom is 0.407 e. The Bertz CT molecular complexity index is 497. The largest absolute Gasteiger partial charge is 0.465 e. The first-order valence-corrected chi connectivity index (χ1v) is 7.01. The van der Waals surface area contributed by atoms with Gasteiger partial charge in [-0.25, -0.2) is 9.59 Å². The summed E-state index contributed by atoms with van der Waals surface area (Å²) in [4.78, 5) is 24.6. The fourth-order valence-electron chi connectivity index (χ4n) is 2.56. The molecule has 1 fully saturated rings. The van der Waals surface area contributed by atoms with Crippen molar-refractivity contribution < 1.29 is 19.4 Å². The van der Waals surface area contributed by atoms with Crippen molar-refractivity contribution in [3.8, 4) is 6.07 Å². The Balaban J connectivity index is 3.12. The van der Waals surface area contributed by atoms with Crippen LogP contribution in [0.1, 0.15) is 40.5 Å². The molecule has 1 aliphatic rings. The van der Waals surface area contributed by atoms with Crippen LogP contribution >= 0.6 is 0 Å². The molecular formula is C15H22N2O4. The molecule has 6 nitrogen and oxygen atoms in total. The van der Waals surface area contributed by atoms with E-state index in [9.17, 15) is 20.0 Å². The van der Waals surface area contributed by atoms with Gasteiger partial charge in [0, 0.05) is 12.6 Å². The van der Waals surface area contributed by atoms with Gasteiger partial charge in [0.2, 0.25) is 0 Å². The van der Waals surface area contributed by atoms with Crippen molar-refractivity contribution >= 4 is 12.1 Å². The summed E-state index contributed by atoms with van der Waals surface area (Å²) in [6.45, 7) is 8.04. The number of nitriles is 1. The number of esters is 1. The maximum atomic E-state index is 11.8. The molecule has 21 heavy (non-hydrogen) atoms. The highest BCUT2D eigenvalue weighted by Crippen LogP contribution is 2.35. The number of ether oxygens (including phenoxy) is 1. The van der Waals surface area contributed by atoms with Crippen LogP contribution in [0.2, 0.25) is 0 Å². The highest BCUT2D eigenvalue weighted by atomic mass is 16.5. The lowest BCUT2D eigenvalue weighted by Crippen LogP contribution is -2.50. The monoisotopic (exact) mass is 294 g/mol. The third-order valence-corrected chi connectivity index (χ3v) is 3.66. The molecule has 0 bridgehead atoms. The summed E-state index contributed by atoms with van der Waals surface area (Å²) in [6, 6.07) is 1.64. The molecule has 0 aliphatic carbocycles. The van der Waals surface area contributed by atoms with Crippen LogP contribution in [0.15, 0.2) is 11.1 Å². The fourth-order valence-corrected chi connectivity index (χ4v) is 2.56. The van der Waals surface area contributed by atoms with Gasteiger partial charge in [0.25, 0.3) is 0 Å². The number of carboxylic acid groups (broad SMARTS) is 1. The number of amides is 1. The van der Waals surface area contributed by atoms with Crippen LogP contribution in [0.5, 0.6) is 0 Å². The van der Waals surface area contributed by atoms with E-state index < -0.39 is 12.1 Å². The van der Waals surface area contributed by atoms with Crippen molar-refractivity contribution in [1.29, 1.82) is 5.26 Å². The van der Waals surface area contributed by atoms with E-state index in [1.165, 1.54) is 4.90 Å². The standard InChI is InChI=1S/C15H22N2O4/c1-5-21-13(18)11(9-16)10-6-7-17(14(19)20)12(8-10)15(2,3)4/h12H,5-8H2,1-4H3,(H,19,20)/b11-10-. The SMILES string of the molecule is CCOC(=O)/C(C#N)=C1/CCN(C(=O)O)C(C(C)(C)C)C1. The van der Waals surface area contributed by atoms with Gasteiger partial charge in [0.15, 0.2) is 0 Å². The van der Waals surface area contributed by atoms with E-state index in [4.69, 9.17) is 4.74 Å². The second-order valence-electron chi connectivity index (χ2n) is 6.12. The van der Waals surface area contributed by atoms with Crippen LogP contribution in [0, 0.1) is 16.7 Å². The molecule has 0 spiro atoms. The molecule has 0 radical (unpaired) electrons. The van der Waals surface area contributed by atoms with Gasteiger partial charge in [0.1, 0.15) is 11.6 Å². The molecule has 0 aromatic heterocycles. The third kappa shape index (κ3) is 3.97. The van der Waals surface area contributed by atoms with Gasteiger partial charge < -0.3 is 14.7 Å². The number of carbonyl (C=O) groups excluding carboxylic acids is 1. The van der Waals surface area contributed by atoms with Crippen LogP contribution in [-0.4, -0.2) is 41.3 Å². The zero-order valence-electron chi connectivity index (χ0n) is 13.0. The molecular weight excluding hydrogens is 272 g/mol. The Morgan fingerprint density at radius 2 is 2.10 bits per heavy atom. The molecule has 1 N–H and O–H groups in total. The molecule has 1 amide bonds. The number of carbonyl (C=O) groups is 2. The summed E-state index contributed by atoms with van der Waals surface area (Å²) in [5, 5.41) is 18.5. The summed E-state index contributed by atoms with van der Waals surface area (Å²) in [5.74, 6) is -0.619. The molecule has 1 rings (SSSR count). The Hall–Kier alpha value is -2.03. The summed E-state index contributed by atoms with van der Waals surface area (Å²) in [6.07, 6.45) is -0.193. The predicted molar refractivity (Wildman–Crippen MR) is 76.5 cm³/mol. The van der Waals surface area contributed by atoms with Gasteiger partial charge >= 0.3 is 12.1 Å². The first-order chi connectivity index (χ1) is 9.72. The van der Waals surface area contributed by atoms with Crippen molar-refractivity contribution in [1.82, 2.24) is 4.90 Å². The molecule has 0 aromatic carbocycles. The highest BCUT2D eigenvalue weighted by molar-refractivity contribution is 5.93. The summed E-state index contributed by atoms with van der Waals surface area (Å²) >= 11 is 0. The van der Waals surface area contributed by atoms with Gasteiger partial charge in [-0.2, -0.15) is 5.26 Å². The van der Waals surface area contributed by atoms with Gasteiger partial charge in [-0.15, -0.1) is 0 Å². The van der Waals surface area contributed by atoms with E-state index in [0.717, 1.165) is 0 Å². The minimum absolute atomic E-state index is 0.0242. The topological polar surface area (TPSA) is 90.6 Å². The zero-order valence-corrected chi connectivity index (χ0v) is 13.0. The molecule has 0 saturated carbocycles. The van der Waals surface area contributed by atoms with E-state index in [2.05, 4.69) is 0 Å². The molecule has 1 heterocycles. The van der Waals surface area contributed by atoms with E-state index in [-0.39, 0.29) is 30.2 Å². The Morgan fingerprint density at radius 3 is 2.52 bits per heavy atom. The van der Waals surface area contributed by atoms with Gasteiger partial charge in [-0.1, -0.05) is 20.8 Å². The Morgan fingerprint density at radius 1 is 1.48 bits per heavy atom. The molecule has 1 saturated heterocycles. The third-order valence-electron chi connectivity index (χ3n) is 3.66. The van der Waals surface area contributed by atoms with Crippen LogP contribution in [-0.2, 0) is 9.53 Å². The summed E-state index contributed by atoms with van der Waals surface area (Å²) in [5.41, 5.74) is 0.434. The van der Waals surface area contributed by atoms with Gasteiger partial charge in [-0.3, -0.25) is 0 Å². The first-order valence-electron chi connectivity index (χ1n) is 7.01. The number of likely N-dealkylation sites (tertiary alicyclic amines) is 1. The van der Waals surface area contributed by atoms with E-state index in [0.29, 0.717) is 18.4 Å². The van der Waals surface area contributed by atoms with Crippen LogP contribution in [0.3, 0.4) is 0 Å². The maximum absolute atomic E-state index is 11.8. The second-order valence-corrected chi connectivity index (χ2v) is 6.12. The van der Waals surface area contributed by atoms with E-state index >= 15 is 0 Å². The number of hydrogen-bond donors (Lipinski definition) is 1. The summed E-state index contributed by atoms with van der Waals surface area (Å²) < 4.78 is 4.89. The minimum atomic E-state index is -0.969. The minimum Gasteiger partial charge on any atom is -0.465 e. The molecule has 6 heteroatoms. The summed E-state index contributed by atoms with van der Waals surface area (Å²) in [7, 11) is 0. The van der Waals surface area contributed by atoms with E-state index in [1.54, 1.807) is 6.92 Å². The van der Waals surface area contributed by atoms with Crippen LogP contribution in [0.25, 0.3) is 0 Å². The van der Waals surface area contributed by atoms with Crippen LogP contribution < -0.4 is 0 Å². The average molecular weight is 294 g/mol. The van der Waals surface area contributed by atoms with Crippen molar-refractivity contribution in [2.75, 3.05) is 13.2 Å². The Labute approximate surface area is 125 Å². The highest BCUT2D eigenvalue weighted by Gasteiger charge is 2.38. The van der Waals surface area contributed by atoms with Gasteiger partial charge in [-0.05, 0) is 30.8 Å². The number of nitrogens with zero attached hydrogens (tertiary/aromatic N) is 2. The van der Waals surface area contributed by atoms with Crippen molar-refractivity contribution in [2.24, 2.45) is 5.41 Å². The quantitative estimate of drug-likeness (QED) is 0.480. The van der Waals surface area contributed by atoms with Crippen molar-refractivity contribution in [3.63, 3.8) is 0 Å². The normalized spacial score (nSPS) is 21.5. The molecule has 1 unspecified atom stereocenters. The average Bonchev–Trinajstić information content (AvgIpc) is 2.38. The zero-order chi connectivity index (χ0) is 16.2. The molecule has 1 atom stereocenters. The van der Waals surface area contributed by atoms with Crippen molar-refractivity contribution in [2.45, 2.75) is 46.6 Å². The van der Waals surface area contributed by atoms with Crippen molar-refractivity contribution in [3.05, 3.63) is 11.1 Å². The molecule has 1 aliphatic heterocycles. The number of hydrogen-bond acceptors (Lipinski definition) is 4.